The number of hydrogen-bond acceptors (Lipinski definition) is 3. The summed E-state index contributed by atoms with van der Waals surface area (Å²) >= 11 is 0. The van der Waals surface area contributed by atoms with Crippen LogP contribution in [0.2, 0.25) is 0 Å². The van der Waals surface area contributed by atoms with Crippen LogP contribution in [0.15, 0.2) is 24.3 Å². The number of hydrogen-bond donors (Lipinski definition) is 1. The summed E-state index contributed by atoms with van der Waals surface area (Å²) < 4.78 is 18.6. The molecule has 4 nitrogen and oxygen atoms in total. The molecule has 1 fully saturated rings. The van der Waals surface area contributed by atoms with Crippen LogP contribution in [0.1, 0.15) is 25.3 Å². The van der Waals surface area contributed by atoms with Crippen molar-refractivity contribution in [3.8, 4) is 0 Å². The van der Waals surface area contributed by atoms with Gasteiger partial charge in [-0.3, -0.25) is 4.79 Å². The summed E-state index contributed by atoms with van der Waals surface area (Å²) in [6.45, 7) is 3.75. The zero-order valence-corrected chi connectivity index (χ0v) is 11.8. The third kappa shape index (κ3) is 3.77. The minimum atomic E-state index is -0.340. The van der Waals surface area contributed by atoms with Crippen LogP contribution in [0.25, 0.3) is 0 Å². The first-order valence-electron chi connectivity index (χ1n) is 6.89. The van der Waals surface area contributed by atoms with Crippen LogP contribution in [0.3, 0.4) is 0 Å². The third-order valence-corrected chi connectivity index (χ3v) is 3.62. The second-order valence-corrected chi connectivity index (χ2v) is 5.51. The summed E-state index contributed by atoms with van der Waals surface area (Å²) in [5.74, 6) is -0.297. The summed E-state index contributed by atoms with van der Waals surface area (Å²) in [4.78, 5) is 13.7. The Labute approximate surface area is 118 Å². The molecule has 20 heavy (non-hydrogen) atoms. The number of halogens is 1. The van der Waals surface area contributed by atoms with E-state index in [1.165, 1.54) is 12.1 Å². The van der Waals surface area contributed by atoms with Gasteiger partial charge in [0.05, 0.1) is 5.60 Å². The fourth-order valence-electron chi connectivity index (χ4n) is 2.45. The highest BCUT2D eigenvalue weighted by atomic mass is 19.1. The van der Waals surface area contributed by atoms with Gasteiger partial charge in [-0.1, -0.05) is 12.1 Å². The Bertz CT molecular complexity index is 463. The molecule has 2 N–H and O–H groups in total. The largest absolute Gasteiger partial charge is 0.364 e. The van der Waals surface area contributed by atoms with Gasteiger partial charge in [-0.2, -0.15) is 0 Å². The minimum Gasteiger partial charge on any atom is -0.364 e. The number of rotatable bonds is 5. The number of nitrogens with zero attached hydrogens (tertiary/aromatic N) is 1. The Hall–Kier alpha value is -1.46. The van der Waals surface area contributed by atoms with Gasteiger partial charge in [0.2, 0.25) is 5.91 Å². The van der Waals surface area contributed by atoms with Crippen molar-refractivity contribution in [2.24, 2.45) is 5.73 Å². The predicted molar refractivity (Wildman–Crippen MR) is 74.5 cm³/mol. The van der Waals surface area contributed by atoms with E-state index in [0.717, 1.165) is 18.4 Å². The molecule has 1 unspecified atom stereocenters. The van der Waals surface area contributed by atoms with Crippen LogP contribution >= 0.6 is 0 Å². The molecule has 110 valence electrons. The molecule has 1 heterocycles. The number of ether oxygens (including phenoxy) is 1. The van der Waals surface area contributed by atoms with E-state index in [1.807, 2.05) is 6.92 Å². The summed E-state index contributed by atoms with van der Waals surface area (Å²) in [5.41, 5.74) is 6.11. The molecule has 0 spiro atoms. The average molecular weight is 280 g/mol. The van der Waals surface area contributed by atoms with E-state index in [0.29, 0.717) is 19.6 Å². The van der Waals surface area contributed by atoms with E-state index in [4.69, 9.17) is 10.5 Å². The SMILES string of the molecule is CC1(CCCN)CN(Cc2ccc(F)cc2)C(=O)CO1. The fraction of sp³-hybridized carbons (Fsp3) is 0.533. The molecular weight excluding hydrogens is 259 g/mol. The van der Waals surface area contributed by atoms with Crippen molar-refractivity contribution in [3.63, 3.8) is 0 Å². The third-order valence-electron chi connectivity index (χ3n) is 3.62. The molecule has 1 saturated heterocycles. The van der Waals surface area contributed by atoms with Gasteiger partial charge in [0.15, 0.2) is 0 Å². The maximum atomic E-state index is 12.9. The maximum Gasteiger partial charge on any atom is 0.248 e. The van der Waals surface area contributed by atoms with Crippen LogP contribution < -0.4 is 5.73 Å². The number of carbonyl (C=O) groups excluding carboxylic acids is 1. The second kappa shape index (κ2) is 6.33. The van der Waals surface area contributed by atoms with Gasteiger partial charge < -0.3 is 15.4 Å². The van der Waals surface area contributed by atoms with Crippen LogP contribution in [0.5, 0.6) is 0 Å². The van der Waals surface area contributed by atoms with Crippen LogP contribution in [0, 0.1) is 5.82 Å². The lowest BCUT2D eigenvalue weighted by Gasteiger charge is -2.40. The fourth-order valence-corrected chi connectivity index (χ4v) is 2.45. The second-order valence-electron chi connectivity index (χ2n) is 5.51. The number of carbonyl (C=O) groups is 1. The van der Waals surface area contributed by atoms with Gasteiger partial charge in [-0.15, -0.1) is 0 Å². The van der Waals surface area contributed by atoms with Crippen molar-refractivity contribution < 1.29 is 13.9 Å². The first kappa shape index (κ1) is 14.9. The molecule has 2 rings (SSSR count). The molecule has 0 aromatic heterocycles. The lowest BCUT2D eigenvalue weighted by atomic mass is 9.97. The summed E-state index contributed by atoms with van der Waals surface area (Å²) in [5, 5.41) is 0. The van der Waals surface area contributed by atoms with Crippen LogP contribution in [0.4, 0.5) is 4.39 Å². The van der Waals surface area contributed by atoms with Crippen molar-refractivity contribution in [1.82, 2.24) is 4.90 Å². The smallest absolute Gasteiger partial charge is 0.248 e. The molecule has 1 aliphatic rings. The van der Waals surface area contributed by atoms with E-state index >= 15 is 0 Å². The first-order chi connectivity index (χ1) is 9.52. The highest BCUT2D eigenvalue weighted by molar-refractivity contribution is 5.78. The predicted octanol–water partition coefficient (Wildman–Crippen LogP) is 1.68. The van der Waals surface area contributed by atoms with Gasteiger partial charge in [-0.25, -0.2) is 4.39 Å². The molecule has 1 amide bonds. The van der Waals surface area contributed by atoms with Gasteiger partial charge in [0.25, 0.3) is 0 Å². The Morgan fingerprint density at radius 2 is 2.10 bits per heavy atom. The lowest BCUT2D eigenvalue weighted by Crippen LogP contribution is -2.52. The van der Waals surface area contributed by atoms with E-state index in [2.05, 4.69) is 0 Å². The van der Waals surface area contributed by atoms with E-state index in [9.17, 15) is 9.18 Å². The van der Waals surface area contributed by atoms with Gasteiger partial charge >= 0.3 is 0 Å². The first-order valence-corrected chi connectivity index (χ1v) is 6.89. The molecular formula is C15H21FN2O2. The molecule has 0 saturated carbocycles. The topological polar surface area (TPSA) is 55.6 Å². The highest BCUT2D eigenvalue weighted by Gasteiger charge is 2.35. The number of benzene rings is 1. The van der Waals surface area contributed by atoms with Gasteiger partial charge in [0.1, 0.15) is 12.4 Å². The minimum absolute atomic E-state index is 0.0282. The number of morpholine rings is 1. The molecule has 5 heteroatoms. The van der Waals surface area contributed by atoms with E-state index in [-0.39, 0.29) is 23.9 Å². The van der Waals surface area contributed by atoms with Gasteiger partial charge in [-0.05, 0) is 44.0 Å². The monoisotopic (exact) mass is 280 g/mol. The quantitative estimate of drug-likeness (QED) is 0.893. The summed E-state index contributed by atoms with van der Waals surface area (Å²) in [6, 6.07) is 6.23. The zero-order valence-electron chi connectivity index (χ0n) is 11.8. The molecule has 1 aliphatic heterocycles. The van der Waals surface area contributed by atoms with Crippen molar-refractivity contribution >= 4 is 5.91 Å². The normalized spacial score (nSPS) is 23.1. The van der Waals surface area contributed by atoms with E-state index < -0.39 is 0 Å². The van der Waals surface area contributed by atoms with Crippen molar-refractivity contribution in [1.29, 1.82) is 0 Å². The van der Waals surface area contributed by atoms with Crippen LogP contribution in [-0.2, 0) is 16.1 Å². The highest BCUT2D eigenvalue weighted by Crippen LogP contribution is 2.24. The molecule has 0 radical (unpaired) electrons. The standard InChI is InChI=1S/C15H21FN2O2/c1-15(7-2-8-17)11-18(14(19)10-20-15)9-12-3-5-13(16)6-4-12/h3-6H,2,7-11,17H2,1H3. The van der Waals surface area contributed by atoms with Crippen LogP contribution in [-0.4, -0.2) is 36.1 Å². The Morgan fingerprint density at radius 1 is 1.40 bits per heavy atom. The molecule has 1 atom stereocenters. The maximum absolute atomic E-state index is 12.9. The summed E-state index contributed by atoms with van der Waals surface area (Å²) in [7, 11) is 0. The van der Waals surface area contributed by atoms with Gasteiger partial charge in [0, 0.05) is 13.1 Å². The summed E-state index contributed by atoms with van der Waals surface area (Å²) in [6.07, 6.45) is 1.70. The van der Waals surface area contributed by atoms with Crippen molar-refractivity contribution in [2.75, 3.05) is 19.7 Å². The molecule has 1 aromatic rings. The molecule has 1 aromatic carbocycles. The lowest BCUT2D eigenvalue weighted by molar-refractivity contribution is -0.163. The number of nitrogens with two attached hydrogens (primary N) is 1. The Morgan fingerprint density at radius 3 is 2.75 bits per heavy atom. The Balaban J connectivity index is 2.01. The van der Waals surface area contributed by atoms with Crippen molar-refractivity contribution in [3.05, 3.63) is 35.6 Å². The van der Waals surface area contributed by atoms with E-state index in [1.54, 1.807) is 17.0 Å². The molecule has 0 bridgehead atoms. The average Bonchev–Trinajstić information content (AvgIpc) is 2.44. The van der Waals surface area contributed by atoms with Crippen molar-refractivity contribution in [2.45, 2.75) is 31.9 Å². The number of amides is 1. The molecule has 0 aliphatic carbocycles. The zero-order chi connectivity index (χ0) is 14.6. The Kier molecular flexibility index (Phi) is 4.73.